The number of methoxy groups -OCH3 is 1. The van der Waals surface area contributed by atoms with E-state index in [2.05, 4.69) is 23.0 Å². The Labute approximate surface area is 179 Å². The molecule has 4 heterocycles. The van der Waals surface area contributed by atoms with Crippen molar-refractivity contribution in [1.29, 1.82) is 0 Å². The zero-order valence-corrected chi connectivity index (χ0v) is 18.7. The molecule has 2 aliphatic rings. The molecule has 2 aromatic heterocycles. The number of likely N-dealkylation sites (tertiary alicyclic amines) is 1. The molecule has 7 nitrogen and oxygen atoms in total. The van der Waals surface area contributed by atoms with Gasteiger partial charge < -0.3 is 23.5 Å². The Morgan fingerprint density at radius 2 is 1.97 bits per heavy atom. The van der Waals surface area contributed by atoms with E-state index in [1.807, 2.05) is 24.1 Å². The van der Waals surface area contributed by atoms with Gasteiger partial charge in [0.25, 0.3) is 5.91 Å². The molecule has 1 atom stereocenters. The second-order valence-electron chi connectivity index (χ2n) is 8.64. The number of rotatable bonds is 6. The predicted molar refractivity (Wildman–Crippen MR) is 115 cm³/mol. The van der Waals surface area contributed by atoms with Crippen LogP contribution in [0.4, 0.5) is 0 Å². The van der Waals surface area contributed by atoms with Crippen molar-refractivity contribution in [3.05, 3.63) is 40.7 Å². The lowest BCUT2D eigenvalue weighted by atomic mass is 9.99. The van der Waals surface area contributed by atoms with Crippen LogP contribution >= 0.6 is 0 Å². The number of imidazole rings is 1. The molecule has 0 N–H and O–H groups in total. The van der Waals surface area contributed by atoms with E-state index in [0.29, 0.717) is 18.6 Å². The average molecular weight is 415 g/mol. The lowest BCUT2D eigenvalue weighted by Crippen LogP contribution is -2.30. The van der Waals surface area contributed by atoms with Crippen molar-refractivity contribution >= 4 is 5.91 Å². The third-order valence-electron chi connectivity index (χ3n) is 6.74. The minimum absolute atomic E-state index is 0.139. The van der Waals surface area contributed by atoms with Gasteiger partial charge in [0.2, 0.25) is 0 Å². The summed E-state index contributed by atoms with van der Waals surface area (Å²) in [6.07, 6.45) is 5.01. The maximum absolute atomic E-state index is 13.3. The van der Waals surface area contributed by atoms with Gasteiger partial charge in [-0.1, -0.05) is 0 Å². The minimum Gasteiger partial charge on any atom is -0.383 e. The van der Waals surface area contributed by atoms with Crippen molar-refractivity contribution in [2.75, 3.05) is 40.0 Å². The number of ether oxygens (including phenoxy) is 2. The van der Waals surface area contributed by atoms with Crippen molar-refractivity contribution in [2.24, 2.45) is 0 Å². The molecular formula is C23H34N4O3. The van der Waals surface area contributed by atoms with E-state index in [-0.39, 0.29) is 5.91 Å². The standard InChI is InChI=1S/C23H34N4O3/c1-16-13-21(18(3)26(16)9-12-29-4)23(28)25-8-5-20(15-25)27-17(2)14-24-22(27)19-6-10-30-11-7-19/h13-14,19-20H,5-12,15H2,1-4H3. The number of aryl methyl sites for hydroxylation is 2. The molecule has 0 aliphatic carbocycles. The lowest BCUT2D eigenvalue weighted by molar-refractivity contribution is 0.0783. The number of aromatic nitrogens is 3. The summed E-state index contributed by atoms with van der Waals surface area (Å²) in [6.45, 7) is 10.8. The number of carbonyl (C=O) groups is 1. The quantitative estimate of drug-likeness (QED) is 0.728. The van der Waals surface area contributed by atoms with Crippen molar-refractivity contribution in [1.82, 2.24) is 19.0 Å². The molecule has 0 aromatic carbocycles. The van der Waals surface area contributed by atoms with E-state index in [1.54, 1.807) is 7.11 Å². The Morgan fingerprint density at radius 1 is 1.20 bits per heavy atom. The number of nitrogens with zero attached hydrogens (tertiary/aromatic N) is 4. The van der Waals surface area contributed by atoms with Crippen LogP contribution in [0.5, 0.6) is 0 Å². The Kier molecular flexibility index (Phi) is 6.29. The normalized spacial score (nSPS) is 20.3. The first-order valence-corrected chi connectivity index (χ1v) is 11.1. The zero-order chi connectivity index (χ0) is 21.3. The SMILES string of the molecule is COCCn1c(C)cc(C(=O)N2CCC(n3c(C)cnc3C3CCOCC3)C2)c1C. The maximum atomic E-state index is 13.3. The van der Waals surface area contributed by atoms with Gasteiger partial charge >= 0.3 is 0 Å². The van der Waals surface area contributed by atoms with Gasteiger partial charge in [-0.15, -0.1) is 0 Å². The highest BCUT2D eigenvalue weighted by Crippen LogP contribution is 2.33. The molecule has 2 aliphatic heterocycles. The van der Waals surface area contributed by atoms with Crippen molar-refractivity contribution in [3.8, 4) is 0 Å². The molecule has 164 valence electrons. The van der Waals surface area contributed by atoms with Gasteiger partial charge in [0.15, 0.2) is 0 Å². The summed E-state index contributed by atoms with van der Waals surface area (Å²) in [6, 6.07) is 2.32. The van der Waals surface area contributed by atoms with E-state index in [4.69, 9.17) is 14.5 Å². The second kappa shape index (κ2) is 8.94. The monoisotopic (exact) mass is 414 g/mol. The van der Waals surface area contributed by atoms with Crippen LogP contribution in [-0.4, -0.2) is 64.9 Å². The fraction of sp³-hybridized carbons (Fsp3) is 0.652. The number of hydrogen-bond acceptors (Lipinski definition) is 4. The van der Waals surface area contributed by atoms with E-state index >= 15 is 0 Å². The highest BCUT2D eigenvalue weighted by Gasteiger charge is 2.33. The first kappa shape index (κ1) is 21.1. The third-order valence-corrected chi connectivity index (χ3v) is 6.74. The van der Waals surface area contributed by atoms with Gasteiger partial charge in [-0.25, -0.2) is 4.98 Å². The number of carbonyl (C=O) groups excluding carboxylic acids is 1. The Hall–Kier alpha value is -2.12. The Balaban J connectivity index is 1.50. The van der Waals surface area contributed by atoms with E-state index in [0.717, 1.165) is 69.1 Å². The molecule has 0 radical (unpaired) electrons. The van der Waals surface area contributed by atoms with Crippen molar-refractivity contribution in [3.63, 3.8) is 0 Å². The van der Waals surface area contributed by atoms with Gasteiger partial charge in [0, 0.05) is 69.2 Å². The van der Waals surface area contributed by atoms with Crippen molar-refractivity contribution < 1.29 is 14.3 Å². The largest absolute Gasteiger partial charge is 0.383 e. The maximum Gasteiger partial charge on any atom is 0.255 e. The zero-order valence-electron chi connectivity index (χ0n) is 18.7. The van der Waals surface area contributed by atoms with E-state index in [1.165, 1.54) is 11.5 Å². The van der Waals surface area contributed by atoms with Crippen LogP contribution in [0.2, 0.25) is 0 Å². The molecule has 2 aromatic rings. The summed E-state index contributed by atoms with van der Waals surface area (Å²) in [4.78, 5) is 20.1. The van der Waals surface area contributed by atoms with Crippen LogP contribution in [-0.2, 0) is 16.0 Å². The van der Waals surface area contributed by atoms with Crippen LogP contribution in [0.25, 0.3) is 0 Å². The summed E-state index contributed by atoms with van der Waals surface area (Å²) in [7, 11) is 1.71. The molecule has 0 saturated carbocycles. The lowest BCUT2D eigenvalue weighted by Gasteiger charge is -2.26. The molecule has 2 saturated heterocycles. The minimum atomic E-state index is 0.139. The van der Waals surface area contributed by atoms with Gasteiger partial charge in [0.1, 0.15) is 5.82 Å². The highest BCUT2D eigenvalue weighted by atomic mass is 16.5. The first-order chi connectivity index (χ1) is 14.5. The van der Waals surface area contributed by atoms with E-state index < -0.39 is 0 Å². The second-order valence-corrected chi connectivity index (χ2v) is 8.64. The molecule has 2 fully saturated rings. The van der Waals surface area contributed by atoms with E-state index in [9.17, 15) is 4.79 Å². The molecule has 1 unspecified atom stereocenters. The summed E-state index contributed by atoms with van der Waals surface area (Å²) >= 11 is 0. The van der Waals surface area contributed by atoms with Gasteiger partial charge in [0.05, 0.1) is 18.2 Å². The highest BCUT2D eigenvalue weighted by molar-refractivity contribution is 5.96. The summed E-state index contributed by atoms with van der Waals surface area (Å²) in [5.41, 5.74) is 4.14. The molecule has 7 heteroatoms. The molecule has 30 heavy (non-hydrogen) atoms. The predicted octanol–water partition coefficient (Wildman–Crippen LogP) is 3.24. The average Bonchev–Trinajstić information content (AvgIpc) is 3.45. The summed E-state index contributed by atoms with van der Waals surface area (Å²) in [5.74, 6) is 1.77. The number of amides is 1. The number of hydrogen-bond donors (Lipinski definition) is 0. The Morgan fingerprint density at radius 3 is 2.70 bits per heavy atom. The molecule has 0 spiro atoms. The fourth-order valence-electron chi connectivity index (χ4n) is 5.05. The summed E-state index contributed by atoms with van der Waals surface area (Å²) in [5, 5.41) is 0. The van der Waals surface area contributed by atoms with Crippen LogP contribution in [0.1, 0.15) is 64.5 Å². The van der Waals surface area contributed by atoms with Crippen LogP contribution in [0.15, 0.2) is 12.3 Å². The van der Waals surface area contributed by atoms with Gasteiger partial charge in [-0.3, -0.25) is 4.79 Å². The smallest absolute Gasteiger partial charge is 0.255 e. The molecule has 4 rings (SSSR count). The molecule has 1 amide bonds. The van der Waals surface area contributed by atoms with Crippen molar-refractivity contribution in [2.45, 2.75) is 58.5 Å². The summed E-state index contributed by atoms with van der Waals surface area (Å²) < 4.78 is 15.3. The third kappa shape index (κ3) is 3.93. The van der Waals surface area contributed by atoms with Crippen LogP contribution in [0, 0.1) is 20.8 Å². The Bertz CT molecular complexity index is 895. The van der Waals surface area contributed by atoms with Crippen LogP contribution < -0.4 is 0 Å². The first-order valence-electron chi connectivity index (χ1n) is 11.1. The molecule has 0 bridgehead atoms. The fourth-order valence-corrected chi connectivity index (χ4v) is 5.05. The topological polar surface area (TPSA) is 61.5 Å². The van der Waals surface area contributed by atoms with Gasteiger partial charge in [-0.05, 0) is 46.1 Å². The van der Waals surface area contributed by atoms with Crippen LogP contribution in [0.3, 0.4) is 0 Å². The van der Waals surface area contributed by atoms with Gasteiger partial charge in [-0.2, -0.15) is 0 Å². The molecular weight excluding hydrogens is 380 g/mol.